The highest BCUT2D eigenvalue weighted by Crippen LogP contribution is 2.31. The number of hydrogen-bond donors (Lipinski definition) is 1. The molecule has 0 heterocycles. The lowest BCUT2D eigenvalue weighted by molar-refractivity contribution is 0.169. The zero-order valence-electron chi connectivity index (χ0n) is 7.71. The molecular formula is C11H12Cl2O. The van der Waals surface area contributed by atoms with Crippen LogP contribution in [0.1, 0.15) is 24.5 Å². The van der Waals surface area contributed by atoms with Gasteiger partial charge < -0.3 is 5.11 Å². The summed E-state index contributed by atoms with van der Waals surface area (Å²) < 4.78 is 0. The maximum atomic E-state index is 9.77. The van der Waals surface area contributed by atoms with Crippen molar-refractivity contribution >= 4 is 23.2 Å². The van der Waals surface area contributed by atoms with E-state index in [2.05, 4.69) is 6.58 Å². The molecule has 1 rings (SSSR count). The topological polar surface area (TPSA) is 20.2 Å². The predicted octanol–water partition coefficient (Wildman–Crippen LogP) is 3.99. The molecule has 0 aliphatic heterocycles. The number of aliphatic hydroxyl groups is 1. The van der Waals surface area contributed by atoms with Crippen LogP contribution in [0.2, 0.25) is 10.0 Å². The summed E-state index contributed by atoms with van der Waals surface area (Å²) in [6.45, 7) is 3.60. The minimum atomic E-state index is -0.570. The Kier molecular flexibility index (Phi) is 4.46. The quantitative estimate of drug-likeness (QED) is 0.776. The number of aliphatic hydroxyl groups excluding tert-OH is 1. The first-order valence-corrected chi connectivity index (χ1v) is 5.15. The molecule has 1 unspecified atom stereocenters. The number of hydrogen-bond acceptors (Lipinski definition) is 1. The van der Waals surface area contributed by atoms with Crippen molar-refractivity contribution in [3.63, 3.8) is 0 Å². The lowest BCUT2D eigenvalue weighted by Gasteiger charge is -2.12. The van der Waals surface area contributed by atoms with Crippen LogP contribution in [-0.2, 0) is 0 Å². The van der Waals surface area contributed by atoms with Gasteiger partial charge in [-0.2, -0.15) is 0 Å². The van der Waals surface area contributed by atoms with Gasteiger partial charge in [0.15, 0.2) is 0 Å². The van der Waals surface area contributed by atoms with E-state index in [0.29, 0.717) is 22.0 Å². The first kappa shape index (κ1) is 11.6. The van der Waals surface area contributed by atoms with Crippen LogP contribution in [0.5, 0.6) is 0 Å². The van der Waals surface area contributed by atoms with E-state index < -0.39 is 6.10 Å². The molecule has 0 saturated heterocycles. The average molecular weight is 231 g/mol. The highest BCUT2D eigenvalue weighted by molar-refractivity contribution is 6.42. The van der Waals surface area contributed by atoms with E-state index in [1.54, 1.807) is 24.3 Å². The Hall–Kier alpha value is -0.500. The molecule has 1 aromatic carbocycles. The molecule has 0 aliphatic rings. The van der Waals surface area contributed by atoms with Gasteiger partial charge in [-0.15, -0.1) is 6.58 Å². The Morgan fingerprint density at radius 3 is 2.79 bits per heavy atom. The lowest BCUT2D eigenvalue weighted by Crippen LogP contribution is -1.97. The van der Waals surface area contributed by atoms with Crippen LogP contribution in [0.3, 0.4) is 0 Å². The van der Waals surface area contributed by atoms with Gasteiger partial charge in [-0.25, -0.2) is 0 Å². The molecule has 0 bridgehead atoms. The molecule has 0 aliphatic carbocycles. The van der Waals surface area contributed by atoms with Gasteiger partial charge in [-0.05, 0) is 18.9 Å². The summed E-state index contributed by atoms with van der Waals surface area (Å²) in [6, 6.07) is 5.26. The Morgan fingerprint density at radius 2 is 2.14 bits per heavy atom. The van der Waals surface area contributed by atoms with Gasteiger partial charge in [0.25, 0.3) is 0 Å². The minimum Gasteiger partial charge on any atom is -0.388 e. The number of benzene rings is 1. The van der Waals surface area contributed by atoms with Crippen LogP contribution >= 0.6 is 23.2 Å². The molecule has 3 heteroatoms. The monoisotopic (exact) mass is 230 g/mol. The summed E-state index contributed by atoms with van der Waals surface area (Å²) in [7, 11) is 0. The molecular weight excluding hydrogens is 219 g/mol. The van der Waals surface area contributed by atoms with E-state index in [0.717, 1.165) is 6.42 Å². The minimum absolute atomic E-state index is 0.436. The first-order chi connectivity index (χ1) is 6.66. The van der Waals surface area contributed by atoms with Gasteiger partial charge in [-0.3, -0.25) is 0 Å². The molecule has 0 radical (unpaired) electrons. The molecule has 1 aromatic rings. The van der Waals surface area contributed by atoms with E-state index in [4.69, 9.17) is 23.2 Å². The third-order valence-corrected chi connectivity index (χ3v) is 2.82. The highest BCUT2D eigenvalue weighted by atomic mass is 35.5. The molecule has 1 N–H and O–H groups in total. The maximum absolute atomic E-state index is 9.77. The number of rotatable bonds is 4. The summed E-state index contributed by atoms with van der Waals surface area (Å²) in [4.78, 5) is 0. The maximum Gasteiger partial charge on any atom is 0.0807 e. The second-order valence-electron chi connectivity index (χ2n) is 3.02. The third-order valence-electron chi connectivity index (χ3n) is 1.98. The molecule has 1 nitrogen and oxygen atoms in total. The van der Waals surface area contributed by atoms with Gasteiger partial charge in [0.1, 0.15) is 0 Å². The Labute approximate surface area is 94.0 Å². The van der Waals surface area contributed by atoms with Crippen molar-refractivity contribution in [1.29, 1.82) is 0 Å². The van der Waals surface area contributed by atoms with Gasteiger partial charge in [0.2, 0.25) is 0 Å². The fourth-order valence-electron chi connectivity index (χ4n) is 1.21. The SMILES string of the molecule is C=CCCC(O)c1cccc(Cl)c1Cl. The Morgan fingerprint density at radius 1 is 1.43 bits per heavy atom. The molecule has 0 aromatic heterocycles. The van der Waals surface area contributed by atoms with E-state index in [1.807, 2.05) is 0 Å². The van der Waals surface area contributed by atoms with E-state index in [1.165, 1.54) is 0 Å². The molecule has 14 heavy (non-hydrogen) atoms. The van der Waals surface area contributed by atoms with E-state index in [-0.39, 0.29) is 0 Å². The Balaban J connectivity index is 2.83. The second kappa shape index (κ2) is 5.40. The smallest absolute Gasteiger partial charge is 0.0807 e. The zero-order valence-corrected chi connectivity index (χ0v) is 9.22. The summed E-state index contributed by atoms with van der Waals surface area (Å²) in [6.07, 6.45) is 2.56. The standard InChI is InChI=1S/C11H12Cl2O/c1-2-3-7-10(14)8-5-4-6-9(12)11(8)13/h2,4-6,10,14H,1,3,7H2. The van der Waals surface area contributed by atoms with Crippen molar-refractivity contribution in [3.8, 4) is 0 Å². The predicted molar refractivity (Wildman–Crippen MR) is 60.9 cm³/mol. The largest absolute Gasteiger partial charge is 0.388 e. The van der Waals surface area contributed by atoms with Gasteiger partial charge in [0.05, 0.1) is 16.1 Å². The van der Waals surface area contributed by atoms with Gasteiger partial charge >= 0.3 is 0 Å². The van der Waals surface area contributed by atoms with Crippen molar-refractivity contribution in [1.82, 2.24) is 0 Å². The fourth-order valence-corrected chi connectivity index (χ4v) is 1.64. The highest BCUT2D eigenvalue weighted by Gasteiger charge is 2.12. The third kappa shape index (κ3) is 2.74. The summed E-state index contributed by atoms with van der Waals surface area (Å²) in [5.41, 5.74) is 0.681. The average Bonchev–Trinajstić information content (AvgIpc) is 2.18. The van der Waals surface area contributed by atoms with Crippen LogP contribution in [0.4, 0.5) is 0 Å². The fraction of sp³-hybridized carbons (Fsp3) is 0.273. The normalized spacial score (nSPS) is 12.5. The summed E-state index contributed by atoms with van der Waals surface area (Å²) >= 11 is 11.8. The van der Waals surface area contributed by atoms with Crippen molar-refractivity contribution in [3.05, 3.63) is 46.5 Å². The van der Waals surface area contributed by atoms with Crippen molar-refractivity contribution in [2.75, 3.05) is 0 Å². The summed E-state index contributed by atoms with van der Waals surface area (Å²) in [5.74, 6) is 0. The van der Waals surface area contributed by atoms with Gasteiger partial charge in [0, 0.05) is 5.56 Å². The van der Waals surface area contributed by atoms with E-state index in [9.17, 15) is 5.11 Å². The Bertz CT molecular complexity index is 323. The van der Waals surface area contributed by atoms with Crippen LogP contribution in [-0.4, -0.2) is 5.11 Å². The lowest BCUT2D eigenvalue weighted by atomic mass is 10.1. The van der Waals surface area contributed by atoms with E-state index >= 15 is 0 Å². The molecule has 0 fully saturated rings. The van der Waals surface area contributed by atoms with Crippen LogP contribution in [0.15, 0.2) is 30.9 Å². The van der Waals surface area contributed by atoms with Crippen LogP contribution < -0.4 is 0 Å². The second-order valence-corrected chi connectivity index (χ2v) is 3.81. The van der Waals surface area contributed by atoms with Crippen molar-refractivity contribution < 1.29 is 5.11 Å². The van der Waals surface area contributed by atoms with Crippen LogP contribution in [0, 0.1) is 0 Å². The van der Waals surface area contributed by atoms with Crippen molar-refractivity contribution in [2.24, 2.45) is 0 Å². The molecule has 0 amide bonds. The van der Waals surface area contributed by atoms with Gasteiger partial charge in [-0.1, -0.05) is 41.4 Å². The number of halogens is 2. The first-order valence-electron chi connectivity index (χ1n) is 4.39. The van der Waals surface area contributed by atoms with Crippen LogP contribution in [0.25, 0.3) is 0 Å². The zero-order chi connectivity index (χ0) is 10.6. The molecule has 1 atom stereocenters. The molecule has 0 spiro atoms. The molecule has 76 valence electrons. The van der Waals surface area contributed by atoms with Crippen molar-refractivity contribution in [2.45, 2.75) is 18.9 Å². The molecule has 0 saturated carbocycles. The summed E-state index contributed by atoms with van der Waals surface area (Å²) in [5, 5.41) is 10.7. The number of allylic oxidation sites excluding steroid dienone is 1.